The largest absolute Gasteiger partial charge is 0.342 e. The summed E-state index contributed by atoms with van der Waals surface area (Å²) in [5.74, 6) is 0.190. The van der Waals surface area contributed by atoms with Crippen LogP contribution in [0.2, 0.25) is 10.0 Å². The van der Waals surface area contributed by atoms with E-state index in [0.29, 0.717) is 21.6 Å². The molecule has 168 valence electrons. The van der Waals surface area contributed by atoms with Gasteiger partial charge < -0.3 is 10.6 Å². The van der Waals surface area contributed by atoms with E-state index in [-0.39, 0.29) is 28.5 Å². The van der Waals surface area contributed by atoms with Gasteiger partial charge in [0.2, 0.25) is 11.1 Å². The van der Waals surface area contributed by atoms with Crippen LogP contribution in [0.5, 0.6) is 0 Å². The van der Waals surface area contributed by atoms with Gasteiger partial charge in [-0.25, -0.2) is 4.98 Å². The van der Waals surface area contributed by atoms with E-state index < -0.39 is 6.04 Å². The van der Waals surface area contributed by atoms with Gasteiger partial charge in [0.1, 0.15) is 5.82 Å². The third kappa shape index (κ3) is 6.48. The Balaban J connectivity index is 1.61. The van der Waals surface area contributed by atoms with Crippen molar-refractivity contribution in [1.29, 1.82) is 0 Å². The van der Waals surface area contributed by atoms with Crippen molar-refractivity contribution in [3.63, 3.8) is 0 Å². The molecule has 0 fully saturated rings. The zero-order chi connectivity index (χ0) is 23.3. The lowest BCUT2D eigenvalue weighted by Gasteiger charge is -2.20. The van der Waals surface area contributed by atoms with Gasteiger partial charge in [0.25, 0.3) is 5.91 Å². The van der Waals surface area contributed by atoms with Crippen LogP contribution in [-0.4, -0.2) is 32.7 Å². The fourth-order valence-corrected chi connectivity index (χ4v) is 3.97. The number of H-pyrrole nitrogens is 1. The molecule has 0 unspecified atom stereocenters. The highest BCUT2D eigenvalue weighted by molar-refractivity contribution is 7.99. The minimum Gasteiger partial charge on any atom is -0.342 e. The maximum Gasteiger partial charge on any atom is 0.253 e. The molecule has 0 aliphatic rings. The summed E-state index contributed by atoms with van der Waals surface area (Å²) in [6.45, 7) is 5.90. The standard InChI is InChI=1S/C22H23Cl2N5O2S/c1-12(2)19(26-21(31)16-9-6-14(23)10-17(16)24)20-27-22(29-28-20)32-11-18(30)25-15-7-4-13(3)5-8-15/h4-10,12,19H,11H2,1-3H3,(H,25,30)(H,26,31)(H,27,28,29)/t19-/m1/s1. The molecule has 0 radical (unpaired) electrons. The van der Waals surface area contributed by atoms with Crippen molar-refractivity contribution < 1.29 is 9.59 Å². The zero-order valence-corrected chi connectivity index (χ0v) is 20.1. The summed E-state index contributed by atoms with van der Waals surface area (Å²) in [5, 5.41) is 14.0. The number of rotatable bonds is 8. The van der Waals surface area contributed by atoms with Crippen molar-refractivity contribution in [3.8, 4) is 0 Å². The van der Waals surface area contributed by atoms with Crippen LogP contribution in [-0.2, 0) is 4.79 Å². The van der Waals surface area contributed by atoms with Crippen LogP contribution in [0.15, 0.2) is 47.6 Å². The normalized spacial score (nSPS) is 11.9. The number of carbonyl (C=O) groups excluding carboxylic acids is 2. The van der Waals surface area contributed by atoms with Crippen molar-refractivity contribution >= 4 is 52.5 Å². The number of nitrogens with zero attached hydrogens (tertiary/aromatic N) is 2. The van der Waals surface area contributed by atoms with Gasteiger partial charge in [-0.15, -0.1) is 5.10 Å². The van der Waals surface area contributed by atoms with Crippen LogP contribution in [0.25, 0.3) is 0 Å². The van der Waals surface area contributed by atoms with Gasteiger partial charge in [-0.2, -0.15) is 0 Å². The van der Waals surface area contributed by atoms with Gasteiger partial charge in [-0.1, -0.05) is 66.5 Å². The lowest BCUT2D eigenvalue weighted by Crippen LogP contribution is -2.32. The number of anilines is 1. The molecule has 3 N–H and O–H groups in total. The molecule has 3 rings (SSSR count). The Labute approximate surface area is 200 Å². The minimum atomic E-state index is -0.419. The molecule has 2 aromatic carbocycles. The third-order valence-corrected chi connectivity index (χ3v) is 5.97. The van der Waals surface area contributed by atoms with Crippen LogP contribution in [0.1, 0.15) is 41.6 Å². The molecular formula is C22H23Cl2N5O2S. The van der Waals surface area contributed by atoms with Crippen LogP contribution in [0.4, 0.5) is 5.69 Å². The Morgan fingerprint density at radius 1 is 1.12 bits per heavy atom. The van der Waals surface area contributed by atoms with Crippen molar-refractivity contribution in [3.05, 3.63) is 69.5 Å². The number of nitrogens with one attached hydrogen (secondary N) is 3. The Kier molecular flexibility index (Phi) is 8.17. The number of aromatic amines is 1. The van der Waals surface area contributed by atoms with Gasteiger partial charge in [0, 0.05) is 10.7 Å². The summed E-state index contributed by atoms with van der Waals surface area (Å²) in [6.07, 6.45) is 0. The Morgan fingerprint density at radius 3 is 2.50 bits per heavy atom. The molecule has 1 heterocycles. The number of benzene rings is 2. The lowest BCUT2D eigenvalue weighted by molar-refractivity contribution is -0.113. The summed E-state index contributed by atoms with van der Waals surface area (Å²) in [6, 6.07) is 11.9. The van der Waals surface area contributed by atoms with E-state index >= 15 is 0 Å². The molecule has 0 spiro atoms. The first-order chi connectivity index (χ1) is 15.2. The Hall–Kier alpha value is -2.55. The molecule has 2 amide bonds. The first-order valence-corrected chi connectivity index (χ1v) is 11.6. The quantitative estimate of drug-likeness (QED) is 0.372. The smallest absolute Gasteiger partial charge is 0.253 e. The monoisotopic (exact) mass is 491 g/mol. The average Bonchev–Trinajstić information content (AvgIpc) is 3.20. The number of hydrogen-bond donors (Lipinski definition) is 3. The zero-order valence-electron chi connectivity index (χ0n) is 17.8. The fraction of sp³-hybridized carbons (Fsp3) is 0.273. The highest BCUT2D eigenvalue weighted by Gasteiger charge is 2.24. The average molecular weight is 492 g/mol. The minimum absolute atomic E-state index is 0.0284. The summed E-state index contributed by atoms with van der Waals surface area (Å²) >= 11 is 13.3. The molecule has 10 heteroatoms. The molecule has 1 aromatic heterocycles. The maximum absolute atomic E-state index is 12.7. The highest BCUT2D eigenvalue weighted by atomic mass is 35.5. The number of aryl methyl sites for hydroxylation is 1. The van der Waals surface area contributed by atoms with Crippen LogP contribution in [0.3, 0.4) is 0 Å². The van der Waals surface area contributed by atoms with E-state index in [9.17, 15) is 9.59 Å². The lowest BCUT2D eigenvalue weighted by atomic mass is 10.0. The van der Waals surface area contributed by atoms with Crippen molar-refractivity contribution in [2.45, 2.75) is 32.0 Å². The molecule has 0 aliphatic heterocycles. The number of carbonyl (C=O) groups is 2. The maximum atomic E-state index is 12.7. The first-order valence-electron chi connectivity index (χ1n) is 9.90. The fourth-order valence-electron chi connectivity index (χ4n) is 2.87. The van der Waals surface area contributed by atoms with E-state index in [1.54, 1.807) is 12.1 Å². The number of halogens is 2. The summed E-state index contributed by atoms with van der Waals surface area (Å²) in [5.41, 5.74) is 2.18. The molecule has 0 saturated carbocycles. The number of amides is 2. The SMILES string of the molecule is Cc1ccc(NC(=O)CSc2n[nH]c([C@H](NC(=O)c3ccc(Cl)cc3Cl)C(C)C)n2)cc1. The van der Waals surface area contributed by atoms with E-state index in [1.807, 2.05) is 45.0 Å². The van der Waals surface area contributed by atoms with Crippen LogP contribution >= 0.6 is 35.0 Å². The second-order valence-corrected chi connectivity index (χ2v) is 9.31. The van der Waals surface area contributed by atoms with E-state index in [2.05, 4.69) is 25.8 Å². The number of hydrogen-bond acceptors (Lipinski definition) is 5. The Bertz CT molecular complexity index is 1100. The van der Waals surface area contributed by atoms with E-state index in [1.165, 1.54) is 17.8 Å². The van der Waals surface area contributed by atoms with Crippen molar-refractivity contribution in [2.75, 3.05) is 11.1 Å². The van der Waals surface area contributed by atoms with E-state index in [4.69, 9.17) is 23.2 Å². The molecule has 32 heavy (non-hydrogen) atoms. The summed E-state index contributed by atoms with van der Waals surface area (Å²) in [4.78, 5) is 29.4. The topological polar surface area (TPSA) is 99.8 Å². The highest BCUT2D eigenvalue weighted by Crippen LogP contribution is 2.25. The molecule has 1 atom stereocenters. The molecule has 0 bridgehead atoms. The van der Waals surface area contributed by atoms with Crippen molar-refractivity contribution in [2.24, 2.45) is 5.92 Å². The first kappa shape index (κ1) is 24.1. The molecule has 0 saturated heterocycles. The summed E-state index contributed by atoms with van der Waals surface area (Å²) in [7, 11) is 0. The van der Waals surface area contributed by atoms with Gasteiger partial charge in [0.15, 0.2) is 0 Å². The molecule has 3 aromatic rings. The molecule has 7 nitrogen and oxygen atoms in total. The second kappa shape index (κ2) is 10.8. The summed E-state index contributed by atoms with van der Waals surface area (Å²) < 4.78 is 0. The molecular weight excluding hydrogens is 469 g/mol. The number of aromatic nitrogens is 3. The Morgan fingerprint density at radius 2 is 1.84 bits per heavy atom. The van der Waals surface area contributed by atoms with Gasteiger partial charge >= 0.3 is 0 Å². The van der Waals surface area contributed by atoms with Crippen molar-refractivity contribution in [1.82, 2.24) is 20.5 Å². The predicted octanol–water partition coefficient (Wildman–Crippen LogP) is 5.28. The van der Waals surface area contributed by atoms with Gasteiger partial charge in [0.05, 0.1) is 22.4 Å². The second-order valence-electron chi connectivity index (χ2n) is 7.53. The van der Waals surface area contributed by atoms with Crippen LogP contribution < -0.4 is 10.6 Å². The van der Waals surface area contributed by atoms with Gasteiger partial charge in [-0.05, 0) is 43.2 Å². The predicted molar refractivity (Wildman–Crippen MR) is 128 cm³/mol. The number of thioether (sulfide) groups is 1. The third-order valence-electron chi connectivity index (χ3n) is 4.57. The van der Waals surface area contributed by atoms with E-state index in [0.717, 1.165) is 11.3 Å². The van der Waals surface area contributed by atoms with Crippen LogP contribution in [0, 0.1) is 12.8 Å². The van der Waals surface area contributed by atoms with Gasteiger partial charge in [-0.3, -0.25) is 14.7 Å². The molecule has 0 aliphatic carbocycles.